The summed E-state index contributed by atoms with van der Waals surface area (Å²) in [5, 5.41) is 6.13. The zero-order valence-electron chi connectivity index (χ0n) is 14.2. The average molecular weight is 356 g/mol. The molecule has 0 spiro atoms. The van der Waals surface area contributed by atoms with E-state index in [1.165, 1.54) is 0 Å². The molecule has 0 radical (unpaired) electrons. The molecule has 0 aliphatic carbocycles. The monoisotopic (exact) mass is 355 g/mol. The van der Waals surface area contributed by atoms with Crippen LogP contribution in [0.1, 0.15) is 19.8 Å². The summed E-state index contributed by atoms with van der Waals surface area (Å²) in [4.78, 5) is 26.0. The van der Waals surface area contributed by atoms with Gasteiger partial charge in [0.25, 0.3) is 0 Å². The van der Waals surface area contributed by atoms with Gasteiger partial charge in [-0.25, -0.2) is 0 Å². The van der Waals surface area contributed by atoms with Crippen LogP contribution >= 0.6 is 12.4 Å². The molecule has 2 amide bonds. The highest BCUT2D eigenvalue weighted by Crippen LogP contribution is 2.26. The molecule has 24 heavy (non-hydrogen) atoms. The molecule has 1 unspecified atom stereocenters. The number of carbonyl (C=O) groups is 2. The van der Waals surface area contributed by atoms with Crippen LogP contribution in [0.4, 0.5) is 5.69 Å². The number of halogens is 1. The zero-order chi connectivity index (χ0) is 16.7. The Morgan fingerprint density at radius 3 is 2.58 bits per heavy atom. The fraction of sp³-hybridized carbons (Fsp3) is 0.529. The first-order valence-corrected chi connectivity index (χ1v) is 8.08. The van der Waals surface area contributed by atoms with Crippen molar-refractivity contribution in [3.8, 4) is 5.75 Å². The molecule has 7 heteroatoms. The molecule has 1 heterocycles. The number of benzene rings is 1. The predicted octanol–water partition coefficient (Wildman–Crippen LogP) is 1.59. The molecule has 2 N–H and O–H groups in total. The Bertz CT molecular complexity index is 536. The Morgan fingerprint density at radius 2 is 1.96 bits per heavy atom. The lowest BCUT2D eigenvalue weighted by molar-refractivity contribution is -0.126. The average Bonchev–Trinajstić information content (AvgIpc) is 2.96. The first kappa shape index (κ1) is 20.3. The molecule has 1 atom stereocenters. The van der Waals surface area contributed by atoms with Gasteiger partial charge in [-0.3, -0.25) is 9.59 Å². The number of ether oxygens (including phenoxy) is 1. The molecule has 1 aromatic carbocycles. The smallest absolute Gasteiger partial charge is 0.227 e. The van der Waals surface area contributed by atoms with Gasteiger partial charge in [-0.2, -0.15) is 0 Å². The summed E-state index contributed by atoms with van der Waals surface area (Å²) in [5.41, 5.74) is 0.802. The van der Waals surface area contributed by atoms with Crippen LogP contribution in [-0.2, 0) is 9.59 Å². The number of anilines is 1. The van der Waals surface area contributed by atoms with E-state index in [-0.39, 0.29) is 36.6 Å². The first-order valence-electron chi connectivity index (χ1n) is 8.08. The third-order valence-corrected chi connectivity index (χ3v) is 3.91. The highest BCUT2D eigenvalue weighted by atomic mass is 35.5. The van der Waals surface area contributed by atoms with E-state index >= 15 is 0 Å². The van der Waals surface area contributed by atoms with Gasteiger partial charge in [-0.05, 0) is 37.2 Å². The Kier molecular flexibility index (Phi) is 8.57. The van der Waals surface area contributed by atoms with Crippen molar-refractivity contribution in [2.75, 3.05) is 38.2 Å². The van der Waals surface area contributed by atoms with Crippen LogP contribution in [0.2, 0.25) is 0 Å². The minimum atomic E-state index is -0.282. The Balaban J connectivity index is 0.00000288. The van der Waals surface area contributed by atoms with Crippen LogP contribution < -0.4 is 20.3 Å². The molecular formula is C17H26ClN3O3. The number of hydrogen-bond acceptors (Lipinski definition) is 4. The summed E-state index contributed by atoms with van der Waals surface area (Å²) in [5.74, 6) is 0.400. The Labute approximate surface area is 149 Å². The summed E-state index contributed by atoms with van der Waals surface area (Å²) in [7, 11) is 1.60. The van der Waals surface area contributed by atoms with E-state index in [0.29, 0.717) is 13.1 Å². The maximum Gasteiger partial charge on any atom is 0.227 e. The van der Waals surface area contributed by atoms with Crippen LogP contribution in [0.15, 0.2) is 24.3 Å². The highest BCUT2D eigenvalue weighted by Gasteiger charge is 2.34. The van der Waals surface area contributed by atoms with Crippen LogP contribution in [0.3, 0.4) is 0 Å². The van der Waals surface area contributed by atoms with Gasteiger partial charge in [0.2, 0.25) is 11.8 Å². The van der Waals surface area contributed by atoms with Gasteiger partial charge in [0.1, 0.15) is 5.75 Å². The number of rotatable bonds is 8. The second kappa shape index (κ2) is 10.2. The van der Waals surface area contributed by atoms with E-state index in [9.17, 15) is 9.59 Å². The molecule has 2 rings (SSSR count). The van der Waals surface area contributed by atoms with Crippen molar-refractivity contribution < 1.29 is 14.3 Å². The number of amides is 2. The number of nitrogens with zero attached hydrogens (tertiary/aromatic N) is 1. The van der Waals surface area contributed by atoms with E-state index in [1.54, 1.807) is 12.0 Å². The number of nitrogens with one attached hydrogen (secondary N) is 2. The molecule has 0 bridgehead atoms. The molecule has 0 saturated carbocycles. The van der Waals surface area contributed by atoms with E-state index in [0.717, 1.165) is 30.9 Å². The molecule has 1 fully saturated rings. The van der Waals surface area contributed by atoms with Crippen molar-refractivity contribution in [2.24, 2.45) is 5.92 Å². The molecule has 1 aliphatic rings. The largest absolute Gasteiger partial charge is 0.497 e. The fourth-order valence-electron chi connectivity index (χ4n) is 2.62. The lowest BCUT2D eigenvalue weighted by Gasteiger charge is -2.17. The molecule has 6 nitrogen and oxygen atoms in total. The van der Waals surface area contributed by atoms with Crippen molar-refractivity contribution in [3.63, 3.8) is 0 Å². The van der Waals surface area contributed by atoms with Crippen LogP contribution in [0.25, 0.3) is 0 Å². The van der Waals surface area contributed by atoms with Crippen LogP contribution in [0, 0.1) is 5.92 Å². The second-order valence-electron chi connectivity index (χ2n) is 5.64. The quantitative estimate of drug-likeness (QED) is 0.695. The standard InChI is InChI=1S/C17H25N3O3.ClH/c1-3-8-18-9-10-19-17(22)13-11-16(21)20(12-13)14-4-6-15(23-2)7-5-14;/h4-7,13,18H,3,8-12H2,1-2H3,(H,19,22);1H. The van der Waals surface area contributed by atoms with Gasteiger partial charge in [0, 0.05) is 31.7 Å². The summed E-state index contributed by atoms with van der Waals surface area (Å²) >= 11 is 0. The minimum absolute atomic E-state index is 0. The van der Waals surface area contributed by atoms with Crippen molar-refractivity contribution in [2.45, 2.75) is 19.8 Å². The lowest BCUT2D eigenvalue weighted by Crippen LogP contribution is -2.37. The van der Waals surface area contributed by atoms with Crippen molar-refractivity contribution in [3.05, 3.63) is 24.3 Å². The molecule has 1 aromatic rings. The van der Waals surface area contributed by atoms with Crippen molar-refractivity contribution in [1.82, 2.24) is 10.6 Å². The highest BCUT2D eigenvalue weighted by molar-refractivity contribution is 6.00. The Hall–Kier alpha value is -1.79. The summed E-state index contributed by atoms with van der Waals surface area (Å²) in [6.07, 6.45) is 1.34. The third-order valence-electron chi connectivity index (χ3n) is 3.91. The van der Waals surface area contributed by atoms with E-state index < -0.39 is 0 Å². The Morgan fingerprint density at radius 1 is 1.25 bits per heavy atom. The van der Waals surface area contributed by atoms with Gasteiger partial charge >= 0.3 is 0 Å². The molecule has 1 saturated heterocycles. The fourth-order valence-corrected chi connectivity index (χ4v) is 2.62. The van der Waals surface area contributed by atoms with Gasteiger partial charge in [0.05, 0.1) is 13.0 Å². The van der Waals surface area contributed by atoms with Gasteiger partial charge in [0.15, 0.2) is 0 Å². The molecule has 0 aromatic heterocycles. The predicted molar refractivity (Wildman–Crippen MR) is 96.9 cm³/mol. The molecule has 134 valence electrons. The van der Waals surface area contributed by atoms with E-state index in [4.69, 9.17) is 4.74 Å². The maximum absolute atomic E-state index is 12.2. The van der Waals surface area contributed by atoms with Crippen LogP contribution in [0.5, 0.6) is 5.75 Å². The van der Waals surface area contributed by atoms with Gasteiger partial charge in [-0.15, -0.1) is 12.4 Å². The van der Waals surface area contributed by atoms with Crippen LogP contribution in [-0.4, -0.2) is 45.1 Å². The summed E-state index contributed by atoms with van der Waals surface area (Å²) in [6.45, 7) is 4.82. The topological polar surface area (TPSA) is 70.7 Å². The van der Waals surface area contributed by atoms with Gasteiger partial charge in [-0.1, -0.05) is 6.92 Å². The zero-order valence-corrected chi connectivity index (χ0v) is 15.0. The SMILES string of the molecule is CCCNCCNC(=O)C1CC(=O)N(c2ccc(OC)cc2)C1.Cl. The van der Waals surface area contributed by atoms with Crippen molar-refractivity contribution >= 4 is 29.9 Å². The summed E-state index contributed by atoms with van der Waals surface area (Å²) in [6, 6.07) is 7.31. The van der Waals surface area contributed by atoms with E-state index in [1.807, 2.05) is 24.3 Å². The first-order chi connectivity index (χ1) is 11.2. The van der Waals surface area contributed by atoms with Gasteiger partial charge < -0.3 is 20.3 Å². The summed E-state index contributed by atoms with van der Waals surface area (Å²) < 4.78 is 5.12. The van der Waals surface area contributed by atoms with E-state index in [2.05, 4.69) is 17.6 Å². The molecule has 1 aliphatic heterocycles. The maximum atomic E-state index is 12.2. The third kappa shape index (κ3) is 5.39. The second-order valence-corrected chi connectivity index (χ2v) is 5.64. The lowest BCUT2D eigenvalue weighted by atomic mass is 10.1. The minimum Gasteiger partial charge on any atom is -0.497 e. The normalized spacial score (nSPS) is 16.7. The number of carbonyl (C=O) groups excluding carboxylic acids is 2. The molecular weight excluding hydrogens is 330 g/mol. The number of methoxy groups -OCH3 is 1. The number of hydrogen-bond donors (Lipinski definition) is 2. The van der Waals surface area contributed by atoms with Crippen molar-refractivity contribution in [1.29, 1.82) is 0 Å².